The number of likely N-dealkylation sites (tertiary alicyclic amines) is 1. The molecule has 1 unspecified atom stereocenters. The van der Waals surface area contributed by atoms with Gasteiger partial charge in [-0.25, -0.2) is 4.98 Å². The third-order valence-corrected chi connectivity index (χ3v) is 6.16. The Kier molecular flexibility index (Phi) is 5.04. The standard InChI is InChI=1S/C20H25N5OS/c1-12(2)14-7-8-16-15(10-14)18-19(21-16)22-20(24-23-18)27-11-17(26)25-9-5-4-6-13(25)3/h7-8,10,12-13H,4-6,9,11H2,1-3H3,(H,21,22,24). The zero-order valence-corrected chi connectivity index (χ0v) is 16.8. The normalized spacial score (nSPS) is 17.9. The van der Waals surface area contributed by atoms with Crippen molar-refractivity contribution in [3.05, 3.63) is 23.8 Å². The number of H-pyrrole nitrogens is 1. The lowest BCUT2D eigenvalue weighted by molar-refractivity contribution is -0.131. The van der Waals surface area contributed by atoms with Crippen LogP contribution in [-0.2, 0) is 4.79 Å². The summed E-state index contributed by atoms with van der Waals surface area (Å²) in [5.41, 5.74) is 3.79. The maximum absolute atomic E-state index is 12.5. The van der Waals surface area contributed by atoms with Gasteiger partial charge in [-0.05, 0) is 49.8 Å². The highest BCUT2D eigenvalue weighted by atomic mass is 32.2. The van der Waals surface area contributed by atoms with Crippen molar-refractivity contribution in [2.24, 2.45) is 0 Å². The SMILES string of the molecule is CC(C)c1ccc2[nH]c3nc(SCC(=O)N4CCCCC4C)nnc3c2c1. The number of nitrogens with one attached hydrogen (secondary N) is 1. The molecule has 3 aromatic rings. The number of aromatic nitrogens is 4. The van der Waals surface area contributed by atoms with Crippen molar-refractivity contribution in [1.29, 1.82) is 0 Å². The van der Waals surface area contributed by atoms with Crippen molar-refractivity contribution in [2.75, 3.05) is 12.3 Å². The van der Waals surface area contributed by atoms with Gasteiger partial charge in [0.15, 0.2) is 5.65 Å². The maximum Gasteiger partial charge on any atom is 0.233 e. The van der Waals surface area contributed by atoms with Gasteiger partial charge in [0.2, 0.25) is 11.1 Å². The molecule has 0 radical (unpaired) electrons. The molecule has 1 aromatic carbocycles. The number of aromatic amines is 1. The van der Waals surface area contributed by atoms with Crippen LogP contribution < -0.4 is 0 Å². The summed E-state index contributed by atoms with van der Waals surface area (Å²) in [6, 6.07) is 6.69. The van der Waals surface area contributed by atoms with Crippen LogP contribution in [0.3, 0.4) is 0 Å². The van der Waals surface area contributed by atoms with E-state index in [1.54, 1.807) is 0 Å². The minimum absolute atomic E-state index is 0.161. The zero-order valence-electron chi connectivity index (χ0n) is 16.0. The van der Waals surface area contributed by atoms with E-state index in [0.29, 0.717) is 22.9 Å². The van der Waals surface area contributed by atoms with Gasteiger partial charge < -0.3 is 9.88 Å². The predicted molar refractivity (Wildman–Crippen MR) is 109 cm³/mol. The Morgan fingerprint density at radius 3 is 2.96 bits per heavy atom. The fourth-order valence-electron chi connectivity index (χ4n) is 3.67. The molecule has 1 atom stereocenters. The molecule has 2 aromatic heterocycles. The van der Waals surface area contributed by atoms with Crippen molar-refractivity contribution >= 4 is 39.7 Å². The van der Waals surface area contributed by atoms with Crippen LogP contribution in [0.2, 0.25) is 0 Å². The Labute approximate surface area is 163 Å². The van der Waals surface area contributed by atoms with E-state index in [4.69, 9.17) is 0 Å². The zero-order chi connectivity index (χ0) is 19.0. The highest BCUT2D eigenvalue weighted by Crippen LogP contribution is 2.27. The van der Waals surface area contributed by atoms with E-state index in [9.17, 15) is 4.79 Å². The van der Waals surface area contributed by atoms with Gasteiger partial charge in [0.25, 0.3) is 0 Å². The first-order valence-corrected chi connectivity index (χ1v) is 10.6. The van der Waals surface area contributed by atoms with Gasteiger partial charge in [-0.3, -0.25) is 4.79 Å². The highest BCUT2D eigenvalue weighted by Gasteiger charge is 2.23. The van der Waals surface area contributed by atoms with Crippen LogP contribution in [0.4, 0.5) is 0 Å². The summed E-state index contributed by atoms with van der Waals surface area (Å²) >= 11 is 1.36. The Balaban J connectivity index is 1.53. The molecule has 142 valence electrons. The fraction of sp³-hybridized carbons (Fsp3) is 0.500. The van der Waals surface area contributed by atoms with Crippen LogP contribution in [0.15, 0.2) is 23.4 Å². The summed E-state index contributed by atoms with van der Waals surface area (Å²) in [6.07, 6.45) is 3.40. The summed E-state index contributed by atoms with van der Waals surface area (Å²) in [5, 5.41) is 10.2. The van der Waals surface area contributed by atoms with Crippen molar-refractivity contribution in [3.8, 4) is 0 Å². The number of fused-ring (bicyclic) bond motifs is 3. The van der Waals surface area contributed by atoms with E-state index >= 15 is 0 Å². The van der Waals surface area contributed by atoms with E-state index in [1.807, 2.05) is 4.90 Å². The van der Waals surface area contributed by atoms with E-state index in [1.165, 1.54) is 23.7 Å². The lowest BCUT2D eigenvalue weighted by atomic mass is 10.0. The molecule has 6 nitrogen and oxygen atoms in total. The molecular formula is C20H25N5OS. The largest absolute Gasteiger partial charge is 0.339 e. The number of rotatable bonds is 4. The van der Waals surface area contributed by atoms with Gasteiger partial charge >= 0.3 is 0 Å². The van der Waals surface area contributed by atoms with Crippen LogP contribution in [0.5, 0.6) is 0 Å². The first-order chi connectivity index (χ1) is 13.0. The van der Waals surface area contributed by atoms with Crippen LogP contribution in [-0.4, -0.2) is 49.3 Å². The summed E-state index contributed by atoms with van der Waals surface area (Å²) in [6.45, 7) is 7.34. The van der Waals surface area contributed by atoms with Crippen LogP contribution in [0.25, 0.3) is 22.1 Å². The average Bonchev–Trinajstić information content (AvgIpc) is 3.03. The van der Waals surface area contributed by atoms with Crippen molar-refractivity contribution in [1.82, 2.24) is 25.1 Å². The van der Waals surface area contributed by atoms with Gasteiger partial charge in [0.1, 0.15) is 5.52 Å². The Hall–Kier alpha value is -2.15. The number of hydrogen-bond donors (Lipinski definition) is 1. The molecule has 0 aliphatic carbocycles. The minimum Gasteiger partial charge on any atom is -0.339 e. The van der Waals surface area contributed by atoms with Gasteiger partial charge in [0.05, 0.1) is 5.75 Å². The van der Waals surface area contributed by atoms with Crippen LogP contribution >= 0.6 is 11.8 Å². The molecular weight excluding hydrogens is 358 g/mol. The summed E-state index contributed by atoms with van der Waals surface area (Å²) in [4.78, 5) is 22.4. The summed E-state index contributed by atoms with van der Waals surface area (Å²) in [7, 11) is 0. The van der Waals surface area contributed by atoms with Gasteiger partial charge in [0, 0.05) is 23.5 Å². The number of amides is 1. The third-order valence-electron chi connectivity index (χ3n) is 5.33. The highest BCUT2D eigenvalue weighted by molar-refractivity contribution is 7.99. The average molecular weight is 384 g/mol. The molecule has 0 saturated carbocycles. The molecule has 3 heterocycles. The fourth-order valence-corrected chi connectivity index (χ4v) is 4.34. The second-order valence-corrected chi connectivity index (χ2v) is 8.54. The molecule has 1 fully saturated rings. The lowest BCUT2D eigenvalue weighted by Gasteiger charge is -2.33. The summed E-state index contributed by atoms with van der Waals surface area (Å²) in [5.74, 6) is 0.974. The maximum atomic E-state index is 12.5. The van der Waals surface area contributed by atoms with Crippen molar-refractivity contribution < 1.29 is 4.79 Å². The number of carbonyl (C=O) groups excluding carboxylic acids is 1. The van der Waals surface area contributed by atoms with Crippen molar-refractivity contribution in [3.63, 3.8) is 0 Å². The first-order valence-electron chi connectivity index (χ1n) is 9.61. The molecule has 7 heteroatoms. The van der Waals surface area contributed by atoms with Gasteiger partial charge in [-0.1, -0.05) is 31.7 Å². The Bertz CT molecular complexity index is 983. The summed E-state index contributed by atoms with van der Waals surface area (Å²) < 4.78 is 0. The van der Waals surface area contributed by atoms with E-state index in [-0.39, 0.29) is 5.91 Å². The first kappa shape index (κ1) is 18.2. The number of carbonyl (C=O) groups is 1. The monoisotopic (exact) mass is 383 g/mol. The van der Waals surface area contributed by atoms with E-state index < -0.39 is 0 Å². The second kappa shape index (κ2) is 7.46. The molecule has 27 heavy (non-hydrogen) atoms. The topological polar surface area (TPSA) is 74.8 Å². The number of hydrogen-bond acceptors (Lipinski definition) is 5. The molecule has 0 spiro atoms. The molecule has 1 saturated heterocycles. The van der Waals surface area contributed by atoms with Crippen LogP contribution in [0, 0.1) is 0 Å². The number of thioether (sulfide) groups is 1. The smallest absolute Gasteiger partial charge is 0.233 e. The van der Waals surface area contributed by atoms with Gasteiger partial charge in [-0.15, -0.1) is 10.2 Å². The van der Waals surface area contributed by atoms with E-state index in [2.05, 4.69) is 59.1 Å². The van der Waals surface area contributed by atoms with Gasteiger partial charge in [-0.2, -0.15) is 0 Å². The van der Waals surface area contributed by atoms with E-state index in [0.717, 1.165) is 41.5 Å². The van der Waals surface area contributed by atoms with Crippen LogP contribution in [0.1, 0.15) is 51.5 Å². The number of nitrogens with zero attached hydrogens (tertiary/aromatic N) is 4. The molecule has 1 aliphatic heterocycles. The number of benzene rings is 1. The predicted octanol–water partition coefficient (Wildman–Crippen LogP) is 4.12. The Morgan fingerprint density at radius 2 is 2.19 bits per heavy atom. The third kappa shape index (κ3) is 3.65. The quantitative estimate of drug-likeness (QED) is 0.686. The molecule has 4 rings (SSSR count). The lowest BCUT2D eigenvalue weighted by Crippen LogP contribution is -2.42. The molecule has 1 amide bonds. The Morgan fingerprint density at radius 1 is 1.33 bits per heavy atom. The molecule has 1 aliphatic rings. The number of piperidine rings is 1. The second-order valence-electron chi connectivity index (χ2n) is 7.60. The minimum atomic E-state index is 0.161. The molecule has 0 bridgehead atoms. The molecule has 1 N–H and O–H groups in total. The van der Waals surface area contributed by atoms with Crippen molar-refractivity contribution in [2.45, 2.75) is 57.1 Å².